The van der Waals surface area contributed by atoms with Crippen LogP contribution in [0.5, 0.6) is 11.5 Å². The van der Waals surface area contributed by atoms with Crippen LogP contribution in [0.2, 0.25) is 0 Å². The molecular weight excluding hydrogens is 362 g/mol. The topological polar surface area (TPSA) is 75.1 Å². The third-order valence-corrected chi connectivity index (χ3v) is 5.05. The van der Waals surface area contributed by atoms with Crippen molar-refractivity contribution in [2.24, 2.45) is 7.05 Å². The molecule has 1 saturated heterocycles. The van der Waals surface area contributed by atoms with E-state index in [1.165, 1.54) is 0 Å². The highest BCUT2D eigenvalue weighted by Gasteiger charge is 2.28. The Hall–Kier alpha value is -2.58. The minimum atomic E-state index is -0.418. The highest BCUT2D eigenvalue weighted by Crippen LogP contribution is 2.31. The lowest BCUT2D eigenvalue weighted by molar-refractivity contribution is -0.0585. The lowest BCUT2D eigenvalue weighted by Gasteiger charge is -2.26. The molecule has 28 heavy (non-hydrogen) atoms. The second kappa shape index (κ2) is 7.81. The second-order valence-corrected chi connectivity index (χ2v) is 7.00. The lowest BCUT2D eigenvalue weighted by Crippen LogP contribution is -2.38. The molecule has 2 aromatic rings. The lowest BCUT2D eigenvalue weighted by atomic mass is 10.1. The predicted molar refractivity (Wildman–Crippen MR) is 101 cm³/mol. The van der Waals surface area contributed by atoms with E-state index < -0.39 is 6.29 Å². The summed E-state index contributed by atoms with van der Waals surface area (Å²) in [4.78, 5) is 15.1. The molecular formula is C20H25N3O5. The predicted octanol–water partition coefficient (Wildman–Crippen LogP) is 1.82. The number of carbonyl (C=O) groups is 1. The van der Waals surface area contributed by atoms with Crippen LogP contribution in [0, 0.1) is 13.8 Å². The zero-order valence-corrected chi connectivity index (χ0v) is 16.4. The van der Waals surface area contributed by atoms with Gasteiger partial charge in [-0.3, -0.25) is 9.48 Å². The first-order chi connectivity index (χ1) is 13.5. The van der Waals surface area contributed by atoms with Crippen molar-refractivity contribution >= 4 is 5.91 Å². The average Bonchev–Trinajstić information content (AvgIpc) is 3.28. The van der Waals surface area contributed by atoms with Crippen molar-refractivity contribution in [2.45, 2.75) is 26.7 Å². The van der Waals surface area contributed by atoms with Gasteiger partial charge in [0.25, 0.3) is 5.91 Å². The molecule has 150 valence electrons. The van der Waals surface area contributed by atoms with Crippen LogP contribution in [-0.4, -0.2) is 59.8 Å². The molecule has 1 aromatic heterocycles. The first-order valence-corrected chi connectivity index (χ1v) is 9.44. The summed E-state index contributed by atoms with van der Waals surface area (Å²) < 4.78 is 24.2. The monoisotopic (exact) mass is 387 g/mol. The Labute approximate surface area is 163 Å². The molecule has 0 saturated carbocycles. The van der Waals surface area contributed by atoms with E-state index >= 15 is 0 Å². The van der Waals surface area contributed by atoms with Gasteiger partial charge in [-0.2, -0.15) is 5.10 Å². The van der Waals surface area contributed by atoms with E-state index in [9.17, 15) is 4.79 Å². The molecule has 1 amide bonds. The number of fused-ring (bicyclic) bond motifs is 1. The summed E-state index contributed by atoms with van der Waals surface area (Å²) in [5.41, 5.74) is 3.13. The highest BCUT2D eigenvalue weighted by molar-refractivity contribution is 5.96. The number of carbonyl (C=O) groups excluding carboxylic acids is 1. The van der Waals surface area contributed by atoms with Gasteiger partial charge in [-0.25, -0.2) is 0 Å². The van der Waals surface area contributed by atoms with Crippen molar-refractivity contribution in [2.75, 3.05) is 33.0 Å². The van der Waals surface area contributed by atoms with Crippen molar-refractivity contribution in [3.8, 4) is 11.5 Å². The van der Waals surface area contributed by atoms with Crippen LogP contribution in [0.4, 0.5) is 0 Å². The molecule has 0 radical (unpaired) electrons. The fourth-order valence-corrected chi connectivity index (χ4v) is 3.56. The summed E-state index contributed by atoms with van der Waals surface area (Å²) in [6, 6.07) is 5.76. The zero-order valence-electron chi connectivity index (χ0n) is 16.4. The van der Waals surface area contributed by atoms with Crippen molar-refractivity contribution in [3.05, 3.63) is 40.7 Å². The standard InChI is InChI=1S/C20H25N3O5/c1-13-19(14(2)22(3)21-13)20(24)23(12-18-27-8-9-28-18)11-15-4-5-16-17(10-15)26-7-6-25-16/h4-5,10,18H,6-9,11-12H2,1-3H3. The molecule has 0 atom stereocenters. The van der Waals surface area contributed by atoms with E-state index in [0.717, 1.165) is 17.0 Å². The number of nitrogens with zero attached hydrogens (tertiary/aromatic N) is 3. The van der Waals surface area contributed by atoms with E-state index in [-0.39, 0.29) is 5.91 Å². The molecule has 0 N–H and O–H groups in total. The number of hydrogen-bond donors (Lipinski definition) is 0. The van der Waals surface area contributed by atoms with E-state index in [1.54, 1.807) is 9.58 Å². The molecule has 2 aliphatic rings. The number of amides is 1. The Morgan fingerprint density at radius 1 is 1.14 bits per heavy atom. The van der Waals surface area contributed by atoms with Crippen LogP contribution in [0.15, 0.2) is 18.2 Å². The fourth-order valence-electron chi connectivity index (χ4n) is 3.56. The van der Waals surface area contributed by atoms with Crippen LogP contribution in [0.3, 0.4) is 0 Å². The van der Waals surface area contributed by atoms with E-state index in [4.69, 9.17) is 18.9 Å². The van der Waals surface area contributed by atoms with Gasteiger partial charge in [0.1, 0.15) is 13.2 Å². The number of aryl methyl sites for hydroxylation is 2. The quantitative estimate of drug-likeness (QED) is 0.779. The Bertz CT molecular complexity index is 873. The third-order valence-electron chi connectivity index (χ3n) is 5.05. The molecule has 1 aromatic carbocycles. The van der Waals surface area contributed by atoms with Gasteiger partial charge < -0.3 is 23.8 Å². The van der Waals surface area contributed by atoms with Gasteiger partial charge in [-0.05, 0) is 31.5 Å². The van der Waals surface area contributed by atoms with Crippen LogP contribution in [0.25, 0.3) is 0 Å². The van der Waals surface area contributed by atoms with Crippen molar-refractivity contribution in [3.63, 3.8) is 0 Å². The Balaban J connectivity index is 1.60. The smallest absolute Gasteiger partial charge is 0.258 e. The molecule has 8 heteroatoms. The molecule has 1 fully saturated rings. The van der Waals surface area contributed by atoms with Crippen molar-refractivity contribution < 1.29 is 23.7 Å². The second-order valence-electron chi connectivity index (χ2n) is 7.00. The summed E-state index contributed by atoms with van der Waals surface area (Å²) in [6.07, 6.45) is -0.418. The van der Waals surface area contributed by atoms with Crippen LogP contribution in [0.1, 0.15) is 27.3 Å². The maximum Gasteiger partial charge on any atom is 0.258 e. The Kier molecular flexibility index (Phi) is 5.23. The molecule has 0 bridgehead atoms. The number of rotatable bonds is 5. The Morgan fingerprint density at radius 2 is 1.86 bits per heavy atom. The summed E-state index contributed by atoms with van der Waals surface area (Å²) in [6.45, 7) is 6.67. The minimum absolute atomic E-state index is 0.0860. The van der Waals surface area contributed by atoms with E-state index in [0.29, 0.717) is 56.5 Å². The van der Waals surface area contributed by atoms with Gasteiger partial charge in [0, 0.05) is 19.3 Å². The average molecular weight is 387 g/mol. The zero-order chi connectivity index (χ0) is 19.7. The van der Waals surface area contributed by atoms with Crippen LogP contribution in [-0.2, 0) is 23.1 Å². The molecule has 0 unspecified atom stereocenters. The maximum absolute atomic E-state index is 13.4. The van der Waals surface area contributed by atoms with E-state index in [2.05, 4.69) is 5.10 Å². The highest BCUT2D eigenvalue weighted by atomic mass is 16.7. The SMILES string of the molecule is Cc1nn(C)c(C)c1C(=O)N(Cc1ccc2c(c1)OCCO2)CC1OCCO1. The number of aromatic nitrogens is 2. The molecule has 3 heterocycles. The Morgan fingerprint density at radius 3 is 2.54 bits per heavy atom. The normalized spacial score (nSPS) is 16.4. The largest absolute Gasteiger partial charge is 0.486 e. The summed E-state index contributed by atoms with van der Waals surface area (Å²) in [7, 11) is 1.84. The van der Waals surface area contributed by atoms with Gasteiger partial charge in [-0.15, -0.1) is 0 Å². The molecule has 4 rings (SSSR count). The number of benzene rings is 1. The third kappa shape index (κ3) is 3.70. The van der Waals surface area contributed by atoms with Crippen LogP contribution < -0.4 is 9.47 Å². The maximum atomic E-state index is 13.4. The van der Waals surface area contributed by atoms with Gasteiger partial charge in [-0.1, -0.05) is 6.07 Å². The first-order valence-electron chi connectivity index (χ1n) is 9.44. The summed E-state index contributed by atoms with van der Waals surface area (Å²) in [5, 5.41) is 4.38. The van der Waals surface area contributed by atoms with Gasteiger partial charge in [0.15, 0.2) is 17.8 Å². The molecule has 0 spiro atoms. The summed E-state index contributed by atoms with van der Waals surface area (Å²) >= 11 is 0. The minimum Gasteiger partial charge on any atom is -0.486 e. The summed E-state index contributed by atoms with van der Waals surface area (Å²) in [5.74, 6) is 1.35. The molecule has 0 aliphatic carbocycles. The van der Waals surface area contributed by atoms with Crippen molar-refractivity contribution in [1.82, 2.24) is 14.7 Å². The molecule has 8 nitrogen and oxygen atoms in total. The number of hydrogen-bond acceptors (Lipinski definition) is 6. The van der Waals surface area contributed by atoms with Gasteiger partial charge >= 0.3 is 0 Å². The fraction of sp³-hybridized carbons (Fsp3) is 0.500. The van der Waals surface area contributed by atoms with Crippen LogP contribution >= 0.6 is 0 Å². The van der Waals surface area contributed by atoms with Gasteiger partial charge in [0.05, 0.1) is 31.0 Å². The first kappa shape index (κ1) is 18.8. The number of ether oxygens (including phenoxy) is 4. The van der Waals surface area contributed by atoms with Crippen molar-refractivity contribution in [1.29, 1.82) is 0 Å². The molecule has 2 aliphatic heterocycles. The van der Waals surface area contributed by atoms with Gasteiger partial charge in [0.2, 0.25) is 0 Å². The van der Waals surface area contributed by atoms with E-state index in [1.807, 2.05) is 39.1 Å².